The molecule has 4 N–H and O–H groups in total. The molecule has 2 aliphatic heterocycles. The maximum absolute atomic E-state index is 11.2. The van der Waals surface area contributed by atoms with Gasteiger partial charge >= 0.3 is 0 Å². The summed E-state index contributed by atoms with van der Waals surface area (Å²) < 4.78 is 17.2. The molecule has 2 aliphatic rings. The first kappa shape index (κ1) is 18.5. The largest absolute Gasteiger partial charge is 0.479 e. The van der Waals surface area contributed by atoms with Crippen LogP contribution in [0.15, 0.2) is 42.5 Å². The zero-order valence-electron chi connectivity index (χ0n) is 15.2. The van der Waals surface area contributed by atoms with Crippen molar-refractivity contribution in [3.8, 4) is 5.75 Å². The molecule has 0 bridgehead atoms. The van der Waals surface area contributed by atoms with Gasteiger partial charge < -0.3 is 30.4 Å². The average Bonchev–Trinajstić information content (AvgIpc) is 3.22. The minimum absolute atomic E-state index is 0.0978. The monoisotopic (exact) mass is 387 g/mol. The zero-order chi connectivity index (χ0) is 19.9. The van der Waals surface area contributed by atoms with Gasteiger partial charge in [0.25, 0.3) is 5.69 Å². The standard InChI is InChI=1S/C19H21N3O6/c1-19(18-26-8-9-27-18)17(23)16(21-14-5-3-2-4-13(14)20)12-10-11(22(24)25)6-7-15(12)28-19/h2-7,10,16-18,21,23H,8-9,20H2,1H3/t16-,17+,19-/m0/s1. The van der Waals surface area contributed by atoms with E-state index >= 15 is 0 Å². The van der Waals surface area contributed by atoms with Gasteiger partial charge in [-0.05, 0) is 25.1 Å². The van der Waals surface area contributed by atoms with Gasteiger partial charge in [-0.1, -0.05) is 12.1 Å². The molecule has 0 spiro atoms. The molecule has 0 amide bonds. The fourth-order valence-electron chi connectivity index (χ4n) is 3.61. The molecule has 0 aromatic heterocycles. The quantitative estimate of drug-likeness (QED) is 0.414. The SMILES string of the molecule is C[C@]1(C2OCCO2)Oc2ccc([N+](=O)[O-])cc2[C@H](Nc2ccccc2N)[C@H]1O. The van der Waals surface area contributed by atoms with E-state index in [2.05, 4.69) is 5.32 Å². The molecule has 1 saturated heterocycles. The molecule has 1 fully saturated rings. The highest BCUT2D eigenvalue weighted by Crippen LogP contribution is 2.45. The Morgan fingerprint density at radius 2 is 1.96 bits per heavy atom. The summed E-state index contributed by atoms with van der Waals surface area (Å²) in [7, 11) is 0. The number of benzene rings is 2. The summed E-state index contributed by atoms with van der Waals surface area (Å²) in [5.41, 5.74) is 6.27. The second-order valence-corrected chi connectivity index (χ2v) is 6.99. The highest BCUT2D eigenvalue weighted by Gasteiger charge is 2.54. The van der Waals surface area contributed by atoms with Gasteiger partial charge in [0.15, 0.2) is 11.9 Å². The Kier molecular flexibility index (Phi) is 4.58. The maximum atomic E-state index is 11.2. The van der Waals surface area contributed by atoms with Crippen LogP contribution in [0, 0.1) is 10.1 Å². The number of nitrogen functional groups attached to an aromatic ring is 1. The summed E-state index contributed by atoms with van der Waals surface area (Å²) >= 11 is 0. The lowest BCUT2D eigenvalue weighted by Crippen LogP contribution is -2.60. The molecule has 28 heavy (non-hydrogen) atoms. The van der Waals surface area contributed by atoms with Crippen molar-refractivity contribution >= 4 is 17.1 Å². The van der Waals surface area contributed by atoms with Crippen LogP contribution in [0.2, 0.25) is 0 Å². The smallest absolute Gasteiger partial charge is 0.270 e. The Labute approximate surface area is 161 Å². The number of nitro groups is 1. The number of para-hydroxylation sites is 2. The summed E-state index contributed by atoms with van der Waals surface area (Å²) in [6.07, 6.45) is -1.91. The summed E-state index contributed by atoms with van der Waals surface area (Å²) in [6, 6.07) is 10.7. The number of hydrogen-bond acceptors (Lipinski definition) is 8. The number of nitrogens with one attached hydrogen (secondary N) is 1. The zero-order valence-corrected chi connectivity index (χ0v) is 15.2. The minimum atomic E-state index is -1.22. The molecule has 0 saturated carbocycles. The van der Waals surface area contributed by atoms with E-state index in [9.17, 15) is 15.2 Å². The topological polar surface area (TPSA) is 129 Å². The predicted octanol–water partition coefficient (Wildman–Crippen LogP) is 2.22. The van der Waals surface area contributed by atoms with E-state index in [1.165, 1.54) is 18.2 Å². The number of ether oxygens (including phenoxy) is 3. The number of nitro benzene ring substituents is 1. The number of nitrogens with zero attached hydrogens (tertiary/aromatic N) is 1. The van der Waals surface area contributed by atoms with Gasteiger partial charge in [-0.25, -0.2) is 0 Å². The lowest BCUT2D eigenvalue weighted by Gasteiger charge is -2.46. The Bertz CT molecular complexity index is 901. The summed E-state index contributed by atoms with van der Waals surface area (Å²) in [6.45, 7) is 2.49. The number of hydrogen-bond donors (Lipinski definition) is 3. The van der Waals surface area contributed by atoms with Gasteiger partial charge in [0, 0.05) is 17.7 Å². The van der Waals surface area contributed by atoms with Crippen molar-refractivity contribution in [3.63, 3.8) is 0 Å². The molecule has 9 heteroatoms. The molecule has 2 aromatic rings. The number of anilines is 2. The van der Waals surface area contributed by atoms with Crippen LogP contribution in [0.3, 0.4) is 0 Å². The van der Waals surface area contributed by atoms with E-state index in [0.717, 1.165) is 0 Å². The molecule has 0 unspecified atom stereocenters. The Hall–Kier alpha value is -2.88. The van der Waals surface area contributed by atoms with E-state index < -0.39 is 29.0 Å². The van der Waals surface area contributed by atoms with Gasteiger partial charge in [0.05, 0.1) is 35.6 Å². The van der Waals surface area contributed by atoms with Gasteiger partial charge in [0.2, 0.25) is 0 Å². The van der Waals surface area contributed by atoms with Crippen LogP contribution in [-0.4, -0.2) is 41.2 Å². The number of aliphatic hydroxyl groups excluding tert-OH is 1. The molecule has 3 atom stereocenters. The third kappa shape index (κ3) is 3.03. The van der Waals surface area contributed by atoms with E-state index in [1.807, 2.05) is 0 Å². The Morgan fingerprint density at radius 3 is 2.64 bits per heavy atom. The number of fused-ring (bicyclic) bond motifs is 1. The molecule has 0 radical (unpaired) electrons. The Balaban J connectivity index is 1.79. The molecular formula is C19H21N3O6. The van der Waals surface area contributed by atoms with E-state index in [4.69, 9.17) is 19.9 Å². The van der Waals surface area contributed by atoms with Crippen molar-refractivity contribution in [1.82, 2.24) is 0 Å². The molecule has 9 nitrogen and oxygen atoms in total. The van der Waals surface area contributed by atoms with E-state index in [-0.39, 0.29) is 5.69 Å². The lowest BCUT2D eigenvalue weighted by molar-refractivity contribution is -0.385. The summed E-state index contributed by atoms with van der Waals surface area (Å²) in [4.78, 5) is 10.8. The van der Waals surface area contributed by atoms with Crippen LogP contribution < -0.4 is 15.8 Å². The fraction of sp³-hybridized carbons (Fsp3) is 0.368. The first-order valence-electron chi connectivity index (χ1n) is 8.90. The van der Waals surface area contributed by atoms with Crippen LogP contribution in [-0.2, 0) is 9.47 Å². The number of nitrogens with two attached hydrogens (primary N) is 1. The number of aliphatic hydroxyl groups is 1. The summed E-state index contributed by atoms with van der Waals surface area (Å²) in [5.74, 6) is 0.407. The van der Waals surface area contributed by atoms with Crippen LogP contribution in [0.4, 0.5) is 17.1 Å². The average molecular weight is 387 g/mol. The number of non-ortho nitro benzene ring substituents is 1. The third-order valence-electron chi connectivity index (χ3n) is 5.13. The summed E-state index contributed by atoms with van der Waals surface area (Å²) in [5, 5.41) is 25.7. The van der Waals surface area contributed by atoms with Gasteiger partial charge in [0.1, 0.15) is 11.9 Å². The molecule has 0 aliphatic carbocycles. The molecule has 148 valence electrons. The first-order chi connectivity index (χ1) is 13.4. The minimum Gasteiger partial charge on any atom is -0.479 e. The van der Waals surface area contributed by atoms with Gasteiger partial charge in [-0.15, -0.1) is 0 Å². The third-order valence-corrected chi connectivity index (χ3v) is 5.13. The first-order valence-corrected chi connectivity index (χ1v) is 8.90. The van der Waals surface area contributed by atoms with Crippen LogP contribution >= 0.6 is 0 Å². The number of rotatable bonds is 4. The van der Waals surface area contributed by atoms with Gasteiger partial charge in [-0.3, -0.25) is 10.1 Å². The van der Waals surface area contributed by atoms with Crippen LogP contribution in [0.5, 0.6) is 5.75 Å². The van der Waals surface area contributed by atoms with Crippen molar-refractivity contribution in [1.29, 1.82) is 0 Å². The Morgan fingerprint density at radius 1 is 1.25 bits per heavy atom. The van der Waals surface area contributed by atoms with E-state index in [1.54, 1.807) is 31.2 Å². The molecular weight excluding hydrogens is 366 g/mol. The van der Waals surface area contributed by atoms with Crippen LogP contribution in [0.25, 0.3) is 0 Å². The van der Waals surface area contributed by atoms with Crippen molar-refractivity contribution < 1.29 is 24.2 Å². The molecule has 4 rings (SSSR count). The fourth-order valence-corrected chi connectivity index (χ4v) is 3.61. The van der Waals surface area contributed by atoms with Crippen molar-refractivity contribution in [2.75, 3.05) is 24.3 Å². The maximum Gasteiger partial charge on any atom is 0.270 e. The normalized spacial score (nSPS) is 27.1. The van der Waals surface area contributed by atoms with Crippen LogP contribution in [0.1, 0.15) is 18.5 Å². The second-order valence-electron chi connectivity index (χ2n) is 6.99. The lowest BCUT2D eigenvalue weighted by atomic mass is 9.84. The second kappa shape index (κ2) is 6.93. The predicted molar refractivity (Wildman–Crippen MR) is 101 cm³/mol. The molecule has 2 aromatic carbocycles. The molecule has 2 heterocycles. The highest BCUT2D eigenvalue weighted by atomic mass is 16.7. The van der Waals surface area contributed by atoms with Crippen molar-refractivity contribution in [2.45, 2.75) is 31.0 Å². The van der Waals surface area contributed by atoms with Crippen molar-refractivity contribution in [2.24, 2.45) is 0 Å². The van der Waals surface area contributed by atoms with Gasteiger partial charge in [-0.2, -0.15) is 0 Å². The highest BCUT2D eigenvalue weighted by molar-refractivity contribution is 5.67. The van der Waals surface area contributed by atoms with Crippen molar-refractivity contribution in [3.05, 3.63) is 58.1 Å². The van der Waals surface area contributed by atoms with E-state index in [0.29, 0.717) is 35.9 Å².